The van der Waals surface area contributed by atoms with E-state index in [9.17, 15) is 10.1 Å². The van der Waals surface area contributed by atoms with E-state index in [1.165, 1.54) is 18.3 Å². The molecule has 0 fully saturated rings. The minimum Gasteiger partial charge on any atom is -0.373 e. The van der Waals surface area contributed by atoms with Crippen LogP contribution in [0.5, 0.6) is 0 Å². The van der Waals surface area contributed by atoms with E-state index in [-0.39, 0.29) is 17.9 Å². The maximum atomic E-state index is 10.4. The van der Waals surface area contributed by atoms with Gasteiger partial charge >= 0.3 is 5.69 Å². The second-order valence-corrected chi connectivity index (χ2v) is 2.01. The van der Waals surface area contributed by atoms with Crippen LogP contribution in [0, 0.1) is 10.1 Å². The summed E-state index contributed by atoms with van der Waals surface area (Å²) in [6.45, 7) is 0. The van der Waals surface area contributed by atoms with Gasteiger partial charge in [-0.3, -0.25) is 10.1 Å². The van der Waals surface area contributed by atoms with E-state index in [1.807, 2.05) is 0 Å². The highest BCUT2D eigenvalue weighted by Crippen LogP contribution is 2.19. The van der Waals surface area contributed by atoms with Gasteiger partial charge in [0.05, 0.1) is 12.8 Å². The van der Waals surface area contributed by atoms with E-state index in [0.29, 0.717) is 0 Å². The molecule has 1 N–H and O–H groups in total. The minimum atomic E-state index is -0.509. The molecule has 1 aromatic rings. The predicted octanol–water partition coefficient (Wildman–Crippen LogP) is 0.528. The van der Waals surface area contributed by atoms with E-state index in [2.05, 4.69) is 10.3 Å². The molecule has 60 valence electrons. The van der Waals surface area contributed by atoms with Gasteiger partial charge < -0.3 is 5.32 Å². The first-order valence-corrected chi connectivity index (χ1v) is 3.29. The lowest BCUT2D eigenvalue weighted by Crippen LogP contribution is -2.05. The highest BCUT2D eigenvalue weighted by atomic mass is 16.6. The van der Waals surface area contributed by atoms with Crippen LogP contribution in [0.2, 0.25) is 0 Å². The number of rotatable bonds is 3. The van der Waals surface area contributed by atoms with Gasteiger partial charge in [0.25, 0.3) is 0 Å². The van der Waals surface area contributed by atoms with Crippen molar-refractivity contribution in [3.05, 3.63) is 28.4 Å². The molecule has 0 unspecified atom stereocenters. The van der Waals surface area contributed by atoms with Gasteiger partial charge in [0.15, 0.2) is 0 Å². The highest BCUT2D eigenvalue weighted by Gasteiger charge is 2.11. The fourth-order valence-corrected chi connectivity index (χ4v) is 0.777. The maximum absolute atomic E-state index is 10.4. The van der Waals surface area contributed by atoms with Crippen LogP contribution in [0.25, 0.3) is 0 Å². The summed E-state index contributed by atoms with van der Waals surface area (Å²) in [5.41, 5.74) is -0.0667. The Morgan fingerprint density at radius 2 is 2.50 bits per heavy atom. The van der Waals surface area contributed by atoms with Crippen molar-refractivity contribution in [2.75, 3.05) is 11.8 Å². The van der Waals surface area contributed by atoms with E-state index in [0.717, 1.165) is 0 Å². The van der Waals surface area contributed by atoms with Crippen molar-refractivity contribution in [1.82, 2.24) is 4.98 Å². The number of nitrogens with zero attached hydrogens (tertiary/aromatic N) is 2. The smallest absolute Gasteiger partial charge is 0.311 e. The Bertz CT molecular complexity index is 292. The molecular formula is C6H6BN3O2. The third kappa shape index (κ3) is 1.72. The zero-order chi connectivity index (χ0) is 8.97. The molecule has 0 aliphatic rings. The summed E-state index contributed by atoms with van der Waals surface area (Å²) in [4.78, 5) is 13.6. The molecule has 0 aromatic carbocycles. The zero-order valence-electron chi connectivity index (χ0n) is 6.23. The number of nitrogens with one attached hydrogen (secondary N) is 1. The molecule has 5 nitrogen and oxygen atoms in total. The fourth-order valence-electron chi connectivity index (χ4n) is 0.777. The minimum absolute atomic E-state index is 0.0667. The van der Waals surface area contributed by atoms with Crippen molar-refractivity contribution in [2.24, 2.45) is 0 Å². The van der Waals surface area contributed by atoms with Crippen LogP contribution in [0.1, 0.15) is 0 Å². The first kappa shape index (κ1) is 8.51. The van der Waals surface area contributed by atoms with Gasteiger partial charge in [-0.2, -0.15) is 0 Å². The molecule has 12 heavy (non-hydrogen) atoms. The van der Waals surface area contributed by atoms with E-state index >= 15 is 0 Å². The monoisotopic (exact) mass is 163 g/mol. The second kappa shape index (κ2) is 3.70. The Labute approximate surface area is 70.4 Å². The van der Waals surface area contributed by atoms with Crippen LogP contribution in [0.4, 0.5) is 11.5 Å². The van der Waals surface area contributed by atoms with Crippen LogP contribution in [0.15, 0.2) is 18.3 Å². The number of hydrogen-bond acceptors (Lipinski definition) is 4. The Balaban J connectivity index is 3.00. The molecule has 0 bridgehead atoms. The van der Waals surface area contributed by atoms with Gasteiger partial charge in [0.2, 0.25) is 5.82 Å². The zero-order valence-corrected chi connectivity index (χ0v) is 6.23. The van der Waals surface area contributed by atoms with Gasteiger partial charge in [-0.1, -0.05) is 0 Å². The summed E-state index contributed by atoms with van der Waals surface area (Å²) in [5, 5.41) is 13.0. The van der Waals surface area contributed by atoms with Crippen molar-refractivity contribution in [2.45, 2.75) is 0 Å². The van der Waals surface area contributed by atoms with E-state index < -0.39 is 4.92 Å². The van der Waals surface area contributed by atoms with E-state index in [1.54, 1.807) is 0 Å². The first-order chi connectivity index (χ1) is 5.75. The maximum Gasteiger partial charge on any atom is 0.311 e. The number of hydrogen-bond donors (Lipinski definition) is 1. The van der Waals surface area contributed by atoms with Crippen molar-refractivity contribution in [3.8, 4) is 0 Å². The largest absolute Gasteiger partial charge is 0.373 e. The highest BCUT2D eigenvalue weighted by molar-refractivity contribution is 6.10. The SMILES string of the molecule is [B]CNc1ncccc1[N+](=O)[O-]. The summed E-state index contributed by atoms with van der Waals surface area (Å²) < 4.78 is 0. The standard InChI is InChI=1S/C6H6BN3O2/c7-4-9-6-5(10(11)12)2-1-3-8-6/h1-3H,4H2,(H,8,9). The molecule has 0 amide bonds. The van der Waals surface area contributed by atoms with Gasteiger partial charge in [-0.25, -0.2) is 4.98 Å². The number of nitro groups is 1. The summed E-state index contributed by atoms with van der Waals surface area (Å²) in [7, 11) is 5.16. The molecule has 1 rings (SSSR count). The topological polar surface area (TPSA) is 68.1 Å². The Kier molecular flexibility index (Phi) is 2.63. The number of aromatic nitrogens is 1. The molecule has 0 aliphatic carbocycles. The summed E-state index contributed by atoms with van der Waals surface area (Å²) in [6, 6.07) is 2.87. The third-order valence-corrected chi connectivity index (χ3v) is 1.25. The second-order valence-electron chi connectivity index (χ2n) is 2.01. The molecule has 2 radical (unpaired) electrons. The first-order valence-electron chi connectivity index (χ1n) is 3.29. The quantitative estimate of drug-likeness (QED) is 0.400. The van der Waals surface area contributed by atoms with Crippen LogP contribution in [-0.4, -0.2) is 24.2 Å². The number of pyridine rings is 1. The van der Waals surface area contributed by atoms with Crippen LogP contribution in [-0.2, 0) is 0 Å². The van der Waals surface area contributed by atoms with Crippen molar-refractivity contribution in [3.63, 3.8) is 0 Å². The molecule has 1 aromatic heterocycles. The molecule has 0 aliphatic heterocycles. The molecule has 0 atom stereocenters. The average Bonchev–Trinajstić information content (AvgIpc) is 2.05. The Hall–Kier alpha value is -1.59. The Morgan fingerprint density at radius 1 is 1.75 bits per heavy atom. The fraction of sp³-hybridized carbons (Fsp3) is 0.167. The van der Waals surface area contributed by atoms with Crippen molar-refractivity contribution in [1.29, 1.82) is 0 Å². The summed E-state index contributed by atoms with van der Waals surface area (Å²) >= 11 is 0. The van der Waals surface area contributed by atoms with Crippen molar-refractivity contribution < 1.29 is 4.92 Å². The third-order valence-electron chi connectivity index (χ3n) is 1.25. The molecular weight excluding hydrogens is 157 g/mol. The molecule has 0 spiro atoms. The predicted molar refractivity (Wildman–Crippen MR) is 45.1 cm³/mol. The molecule has 0 saturated heterocycles. The van der Waals surface area contributed by atoms with Gasteiger partial charge in [-0.15, -0.1) is 0 Å². The molecule has 6 heteroatoms. The average molecular weight is 163 g/mol. The van der Waals surface area contributed by atoms with E-state index in [4.69, 9.17) is 7.85 Å². The van der Waals surface area contributed by atoms with Crippen LogP contribution < -0.4 is 5.32 Å². The van der Waals surface area contributed by atoms with Gasteiger partial charge in [-0.05, 0) is 12.5 Å². The molecule has 1 heterocycles. The lowest BCUT2D eigenvalue weighted by Gasteiger charge is -2.01. The normalized spacial score (nSPS) is 9.33. The van der Waals surface area contributed by atoms with Gasteiger partial charge in [0.1, 0.15) is 0 Å². The van der Waals surface area contributed by atoms with Crippen molar-refractivity contribution >= 4 is 19.4 Å². The lowest BCUT2D eigenvalue weighted by molar-refractivity contribution is -0.384. The Morgan fingerprint density at radius 3 is 3.08 bits per heavy atom. The number of anilines is 1. The summed E-state index contributed by atoms with van der Waals surface area (Å²) in [5.74, 6) is 0.199. The van der Waals surface area contributed by atoms with Gasteiger partial charge in [0, 0.05) is 12.3 Å². The van der Waals surface area contributed by atoms with Crippen LogP contribution >= 0.6 is 0 Å². The molecule has 0 saturated carbocycles. The summed E-state index contributed by atoms with van der Waals surface area (Å²) in [6.07, 6.45) is 1.59. The van der Waals surface area contributed by atoms with Crippen LogP contribution in [0.3, 0.4) is 0 Å². The lowest BCUT2D eigenvalue weighted by atomic mass is 10.2.